The van der Waals surface area contributed by atoms with E-state index >= 15 is 0 Å². The molecule has 0 radical (unpaired) electrons. The van der Waals surface area contributed by atoms with Gasteiger partial charge in [0.15, 0.2) is 40.7 Å². The van der Waals surface area contributed by atoms with Gasteiger partial charge in [0.2, 0.25) is 11.6 Å². The lowest BCUT2D eigenvalue weighted by atomic mass is 10.1. The van der Waals surface area contributed by atoms with E-state index < -0.39 is 24.1 Å². The number of ketones is 1. The van der Waals surface area contributed by atoms with Crippen molar-refractivity contribution in [2.24, 2.45) is 0 Å². The number of hydrogen-bond acceptors (Lipinski definition) is 20. The number of halogens is 5. The van der Waals surface area contributed by atoms with Crippen LogP contribution in [0.5, 0.6) is 0 Å². The number of H-pyrrole nitrogens is 4. The van der Waals surface area contributed by atoms with E-state index in [0.29, 0.717) is 90.9 Å². The highest BCUT2D eigenvalue weighted by Crippen LogP contribution is 2.32. The van der Waals surface area contributed by atoms with Gasteiger partial charge >= 0.3 is 0 Å². The van der Waals surface area contributed by atoms with Crippen LogP contribution in [0.2, 0.25) is 0 Å². The normalized spacial score (nSPS) is 11.5. The lowest BCUT2D eigenvalue weighted by Crippen LogP contribution is -2.09. The maximum Gasteiger partial charge on any atom is 0.230 e. The number of carbonyl (C=O) groups is 1. The Morgan fingerprint density at radius 3 is 0.833 bits per heavy atom. The Labute approximate surface area is 634 Å². The minimum absolute atomic E-state index is 0. The SMILES string of the molecule is C.C.C.Cc1cc(Nc2nc(C(=O)c3ccc(F)cc3)nc3ccccc23)n[nH]1.Cc1cc(Nc2nc(C(O)c3ccc(F)cc3)nc3ccccc23)n[nH]1.Cc1cc(Nc2nc([C@@H](O)c3ccc(F)cc3)nc3ccccc23)n[nH]1.Cc1cc(Nc2nc([C@H](O)c3ccc(F)cc3)nc3ccccc23)n[nH]1.I. The smallest absolute Gasteiger partial charge is 0.230 e. The number of nitrogens with one attached hydrogen (secondary N) is 8. The van der Waals surface area contributed by atoms with Crippen LogP contribution in [0.15, 0.2) is 218 Å². The summed E-state index contributed by atoms with van der Waals surface area (Å²) in [7, 11) is 0. The second-order valence-electron chi connectivity index (χ2n) is 23.7. The minimum Gasteiger partial charge on any atom is -0.380 e. The Kier molecular flexibility index (Phi) is 26.3. The number of aliphatic hydroxyl groups is 3. The van der Waals surface area contributed by atoms with Gasteiger partial charge in [0.25, 0.3) is 0 Å². The van der Waals surface area contributed by atoms with Crippen LogP contribution in [0, 0.1) is 51.0 Å². The average molecular weight is 1570 g/mol. The first kappa shape index (κ1) is 79.3. The van der Waals surface area contributed by atoms with Crippen molar-refractivity contribution in [3.05, 3.63) is 310 Å². The first-order valence-electron chi connectivity index (χ1n) is 32.2. The lowest BCUT2D eigenvalue weighted by Gasteiger charge is -2.13. The molecule has 11 N–H and O–H groups in total. The second kappa shape index (κ2) is 35.8. The predicted octanol–water partition coefficient (Wildman–Crippen LogP) is 17.2. The van der Waals surface area contributed by atoms with E-state index in [4.69, 9.17) is 0 Å². The lowest BCUT2D eigenvalue weighted by molar-refractivity contribution is 0.102. The quantitative estimate of drug-likeness (QED) is 0.0243. The Balaban J connectivity index is 0.000000164. The van der Waals surface area contributed by atoms with E-state index in [1.165, 1.54) is 97.1 Å². The number of rotatable bonds is 16. The molecule has 8 aromatic carbocycles. The van der Waals surface area contributed by atoms with Gasteiger partial charge in [-0.05, 0) is 154 Å². The molecule has 0 fully saturated rings. The van der Waals surface area contributed by atoms with Gasteiger partial charge in [-0.25, -0.2) is 57.4 Å². The first-order chi connectivity index (χ1) is 50.4. The van der Waals surface area contributed by atoms with Gasteiger partial charge in [-0.3, -0.25) is 25.2 Å². The summed E-state index contributed by atoms with van der Waals surface area (Å²) in [6, 6.07) is 59.5. The van der Waals surface area contributed by atoms with Crippen LogP contribution in [0.25, 0.3) is 43.6 Å². The molecule has 0 bridgehead atoms. The van der Waals surface area contributed by atoms with E-state index in [2.05, 4.69) is 102 Å². The zero-order valence-electron chi connectivity index (χ0n) is 56.1. The molecule has 0 saturated carbocycles. The summed E-state index contributed by atoms with van der Waals surface area (Å²) >= 11 is 0. The van der Waals surface area contributed by atoms with E-state index in [-0.39, 0.29) is 92.8 Å². The molecule has 16 aromatic rings. The largest absolute Gasteiger partial charge is 0.380 e. The molecular formula is C79H75F4IN20O4. The summed E-state index contributed by atoms with van der Waals surface area (Å²) in [6.07, 6.45) is -3.20. The Morgan fingerprint density at radius 2 is 0.574 bits per heavy atom. The number of hydrogen-bond donors (Lipinski definition) is 11. The molecule has 24 nitrogen and oxygen atoms in total. The van der Waals surface area contributed by atoms with E-state index in [1.807, 2.05) is 143 Å². The fraction of sp³-hybridized carbons (Fsp3) is 0.127. The number of fused-ring (bicyclic) bond motifs is 4. The molecule has 0 aliphatic carbocycles. The molecule has 0 aliphatic rings. The molecule has 3 atom stereocenters. The van der Waals surface area contributed by atoms with Crippen LogP contribution in [-0.2, 0) is 0 Å². The van der Waals surface area contributed by atoms with Crippen molar-refractivity contribution in [1.29, 1.82) is 0 Å². The van der Waals surface area contributed by atoms with Crippen LogP contribution in [0.4, 0.5) is 64.1 Å². The molecule has 0 amide bonds. The highest BCUT2D eigenvalue weighted by Gasteiger charge is 2.23. The maximum absolute atomic E-state index is 13.1. The zero-order chi connectivity index (χ0) is 72.4. The summed E-state index contributed by atoms with van der Waals surface area (Å²) in [4.78, 5) is 48.3. The number of anilines is 8. The molecule has 8 heterocycles. The van der Waals surface area contributed by atoms with Crippen molar-refractivity contribution in [3.8, 4) is 0 Å². The van der Waals surface area contributed by atoms with Gasteiger partial charge in [-0.1, -0.05) is 107 Å². The van der Waals surface area contributed by atoms with Crippen LogP contribution in [0.1, 0.15) is 114 Å². The summed E-state index contributed by atoms with van der Waals surface area (Å²) in [5.74, 6) is 3.38. The van der Waals surface area contributed by atoms with E-state index in [9.17, 15) is 37.7 Å². The molecule has 0 aliphatic heterocycles. The van der Waals surface area contributed by atoms with Gasteiger partial charge in [-0.2, -0.15) is 20.4 Å². The van der Waals surface area contributed by atoms with Crippen molar-refractivity contribution in [3.63, 3.8) is 0 Å². The molecule has 1 unspecified atom stereocenters. The van der Waals surface area contributed by atoms with E-state index in [0.717, 1.165) is 44.3 Å². The fourth-order valence-corrected chi connectivity index (χ4v) is 10.7. The summed E-state index contributed by atoms with van der Waals surface area (Å²) < 4.78 is 52.5. The second-order valence-corrected chi connectivity index (χ2v) is 23.7. The molecule has 0 saturated heterocycles. The molecule has 0 spiro atoms. The number of carbonyl (C=O) groups excluding carboxylic acids is 1. The highest BCUT2D eigenvalue weighted by atomic mass is 127. The average Bonchev–Trinajstić information content (AvgIpc) is 0.976. The number of aliphatic hydroxyl groups excluding tert-OH is 3. The third-order valence-electron chi connectivity index (χ3n) is 15.9. The topological polar surface area (TPSA) is 344 Å². The van der Waals surface area contributed by atoms with Crippen molar-refractivity contribution in [1.82, 2.24) is 80.7 Å². The number of aromatic amines is 4. The number of para-hydroxylation sites is 4. The monoisotopic (exact) mass is 1570 g/mol. The molecule has 108 heavy (non-hydrogen) atoms. The van der Waals surface area contributed by atoms with Crippen molar-refractivity contribution < 1.29 is 37.7 Å². The van der Waals surface area contributed by atoms with Gasteiger partial charge in [0, 0.05) is 74.1 Å². The summed E-state index contributed by atoms with van der Waals surface area (Å²) in [5, 5.41) is 75.8. The molecule has 16 rings (SSSR count). The Hall–Kier alpha value is -12.8. The number of nitrogens with zero attached hydrogens (tertiary/aromatic N) is 12. The standard InChI is InChI=1S/3C19H16FN5O.C19H14FN5O.3CH4.HI/c4*1-11-10-16(25-24-11)22-18-14-4-2-3-5-15(14)21-19(23-18)17(26)12-6-8-13(20)9-7-12;;;;/h3*2-10,17,26H,1H3,(H2,21,22,23,24,25);2-10H,1H3,(H2,21,22,23,24,25);3*1H4;1H/t2*17-;;;;;;/m10....../s1. The van der Waals surface area contributed by atoms with Crippen molar-refractivity contribution >= 4 is 120 Å². The van der Waals surface area contributed by atoms with Gasteiger partial charge in [-0.15, -0.1) is 24.0 Å². The third kappa shape index (κ3) is 19.2. The van der Waals surface area contributed by atoms with E-state index in [1.54, 1.807) is 6.07 Å². The van der Waals surface area contributed by atoms with Gasteiger partial charge in [0.1, 0.15) is 64.9 Å². The number of aryl methyl sites for hydroxylation is 4. The van der Waals surface area contributed by atoms with Crippen LogP contribution < -0.4 is 21.3 Å². The molecule has 8 aromatic heterocycles. The minimum atomic E-state index is -1.07. The fourth-order valence-electron chi connectivity index (χ4n) is 10.7. The van der Waals surface area contributed by atoms with Crippen LogP contribution in [0.3, 0.4) is 0 Å². The molecule has 550 valence electrons. The Morgan fingerprint density at radius 1 is 0.333 bits per heavy atom. The summed E-state index contributed by atoms with van der Waals surface area (Å²) in [6.45, 7) is 7.60. The predicted molar refractivity (Wildman–Crippen MR) is 421 cm³/mol. The maximum atomic E-state index is 13.1. The Bertz CT molecular complexity index is 5280. The van der Waals surface area contributed by atoms with Crippen LogP contribution in [-0.4, -0.2) is 102 Å². The van der Waals surface area contributed by atoms with Crippen molar-refractivity contribution in [2.75, 3.05) is 21.3 Å². The zero-order valence-corrected chi connectivity index (χ0v) is 58.4. The van der Waals surface area contributed by atoms with Crippen LogP contribution >= 0.6 is 24.0 Å². The third-order valence-corrected chi connectivity index (χ3v) is 15.9. The van der Waals surface area contributed by atoms with Crippen molar-refractivity contribution in [2.45, 2.75) is 68.3 Å². The highest BCUT2D eigenvalue weighted by molar-refractivity contribution is 14.0. The van der Waals surface area contributed by atoms with Gasteiger partial charge in [0.05, 0.1) is 22.1 Å². The number of aromatic nitrogens is 16. The number of benzene rings is 8. The molecule has 29 heteroatoms. The summed E-state index contributed by atoms with van der Waals surface area (Å²) in [5.41, 5.74) is 8.21. The van der Waals surface area contributed by atoms with Gasteiger partial charge < -0.3 is 36.6 Å². The first-order valence-corrected chi connectivity index (χ1v) is 32.2. The molecular weight excluding hydrogens is 1500 g/mol.